The van der Waals surface area contributed by atoms with Crippen LogP contribution >= 0.6 is 0 Å². The second kappa shape index (κ2) is 13.5. The summed E-state index contributed by atoms with van der Waals surface area (Å²) < 4.78 is 5.03. The zero-order valence-electron chi connectivity index (χ0n) is 31.3. The molecule has 0 aliphatic heterocycles. The van der Waals surface area contributed by atoms with Crippen molar-refractivity contribution in [3.63, 3.8) is 0 Å². The van der Waals surface area contributed by atoms with Crippen LogP contribution in [-0.4, -0.2) is 17.2 Å². The highest BCUT2D eigenvalue weighted by molar-refractivity contribution is 7.20. The Balaban J connectivity index is 1.35. The third-order valence-electron chi connectivity index (χ3n) is 11.8. The average Bonchev–Trinajstić information content (AvgIpc) is 3.81. The number of hydrogen-bond acceptors (Lipinski definition) is 0. The van der Waals surface area contributed by atoms with E-state index < -0.39 is 8.07 Å². The van der Waals surface area contributed by atoms with Crippen molar-refractivity contribution in [2.24, 2.45) is 0 Å². The highest BCUT2D eigenvalue weighted by Crippen LogP contribution is 2.41. The lowest BCUT2D eigenvalue weighted by atomic mass is 10.0. The molecule has 9 aromatic carbocycles. The molecule has 0 bridgehead atoms. The third-order valence-corrected chi connectivity index (χ3v) is 16.7. The summed E-state index contributed by atoms with van der Waals surface area (Å²) in [4.78, 5) is 0. The minimum Gasteiger partial charge on any atom is -0.309 e. The van der Waals surface area contributed by atoms with Crippen LogP contribution in [0.25, 0.3) is 66.1 Å². The van der Waals surface area contributed by atoms with Crippen molar-refractivity contribution >= 4 is 72.4 Å². The van der Waals surface area contributed by atoms with Gasteiger partial charge in [0, 0.05) is 32.8 Å². The Labute approximate surface area is 333 Å². The number of hydrogen-bond donors (Lipinski definition) is 0. The van der Waals surface area contributed by atoms with Gasteiger partial charge in [0.15, 0.2) is 8.07 Å². The molecule has 2 nitrogen and oxygen atoms in total. The van der Waals surface area contributed by atoms with Crippen LogP contribution in [0.4, 0.5) is 0 Å². The molecule has 0 fully saturated rings. The van der Waals surface area contributed by atoms with Crippen LogP contribution < -0.4 is 20.7 Å². The maximum atomic E-state index is 2.60. The lowest BCUT2D eigenvalue weighted by Crippen LogP contribution is -2.75. The molecule has 0 unspecified atom stereocenters. The summed E-state index contributed by atoms with van der Waals surface area (Å²) in [7, 11) is -2.95. The summed E-state index contributed by atoms with van der Waals surface area (Å²) in [6.07, 6.45) is 0. The molecular formula is C54H38N2Si. The Kier molecular flexibility index (Phi) is 7.87. The summed E-state index contributed by atoms with van der Waals surface area (Å²) in [6.45, 7) is 0. The van der Waals surface area contributed by atoms with Gasteiger partial charge in [-0.25, -0.2) is 0 Å². The minimum atomic E-state index is -2.95. The Bertz CT molecular complexity index is 3110. The minimum absolute atomic E-state index is 1.15. The highest BCUT2D eigenvalue weighted by atomic mass is 28.3. The van der Waals surface area contributed by atoms with E-state index in [-0.39, 0.29) is 0 Å². The lowest BCUT2D eigenvalue weighted by Gasteiger charge is -2.35. The molecule has 11 aromatic rings. The Morgan fingerprint density at radius 2 is 0.772 bits per heavy atom. The van der Waals surface area contributed by atoms with E-state index in [0.29, 0.717) is 0 Å². The van der Waals surface area contributed by atoms with Crippen molar-refractivity contribution in [1.82, 2.24) is 9.13 Å². The van der Waals surface area contributed by atoms with Crippen LogP contribution in [0.5, 0.6) is 0 Å². The predicted octanol–water partition coefficient (Wildman–Crippen LogP) is 10.9. The van der Waals surface area contributed by atoms with Crippen molar-refractivity contribution < 1.29 is 0 Å². The summed E-state index contributed by atoms with van der Waals surface area (Å²) >= 11 is 0. The lowest BCUT2D eigenvalue weighted by molar-refractivity contribution is 1.17. The van der Waals surface area contributed by atoms with E-state index in [9.17, 15) is 0 Å². The standard InChI is InChI=1S/C54H38N2Si/c1-6-21-39(22-7-1)47-37-52-48(45-32-17-18-34-49(45)55(52)40-23-8-2-9-24-40)38-51(47)56-50-35-19-16-31-44(50)46-33-20-36-53(54(46)56)57(41-25-10-3-11-26-41,42-27-12-4-13-28-42)43-29-14-5-15-30-43/h1-38H. The van der Waals surface area contributed by atoms with Crippen LogP contribution in [-0.2, 0) is 0 Å². The average molecular weight is 743 g/mol. The van der Waals surface area contributed by atoms with Crippen LogP contribution in [0.2, 0.25) is 0 Å². The van der Waals surface area contributed by atoms with Gasteiger partial charge in [-0.1, -0.05) is 194 Å². The smallest absolute Gasteiger partial charge is 0.181 e. The third kappa shape index (κ3) is 5.10. The molecular weight excluding hydrogens is 705 g/mol. The fourth-order valence-corrected chi connectivity index (χ4v) is 14.5. The Morgan fingerprint density at radius 3 is 1.35 bits per heavy atom. The molecule has 0 N–H and O–H groups in total. The molecule has 2 heterocycles. The maximum Gasteiger partial charge on any atom is 0.181 e. The normalized spacial score (nSPS) is 11.9. The van der Waals surface area contributed by atoms with Crippen molar-refractivity contribution in [2.75, 3.05) is 0 Å². The SMILES string of the molecule is c1ccc(-c2cc3c(cc2-n2c4ccccc4c4cccc([Si](c5ccccc5)(c5ccccc5)c5ccccc5)c42)c2ccccc2n3-c2ccccc2)cc1. The fraction of sp³-hybridized carbons (Fsp3) is 0. The monoisotopic (exact) mass is 742 g/mol. The van der Waals surface area contributed by atoms with Gasteiger partial charge in [0.25, 0.3) is 0 Å². The van der Waals surface area contributed by atoms with Gasteiger partial charge in [-0.05, 0) is 62.7 Å². The molecule has 0 spiro atoms. The van der Waals surface area contributed by atoms with Gasteiger partial charge in [0.05, 0.1) is 27.8 Å². The van der Waals surface area contributed by atoms with Gasteiger partial charge in [-0.2, -0.15) is 0 Å². The maximum absolute atomic E-state index is 2.95. The first-order valence-corrected chi connectivity index (χ1v) is 21.7. The van der Waals surface area contributed by atoms with E-state index >= 15 is 0 Å². The van der Waals surface area contributed by atoms with E-state index in [2.05, 4.69) is 240 Å². The zero-order chi connectivity index (χ0) is 37.8. The molecule has 11 rings (SSSR count). The molecule has 0 saturated carbocycles. The summed E-state index contributed by atoms with van der Waals surface area (Å²) in [5.74, 6) is 0. The van der Waals surface area contributed by atoms with E-state index in [4.69, 9.17) is 0 Å². The molecule has 268 valence electrons. The van der Waals surface area contributed by atoms with E-state index in [0.717, 1.165) is 5.69 Å². The van der Waals surface area contributed by atoms with Gasteiger partial charge < -0.3 is 9.13 Å². The highest BCUT2D eigenvalue weighted by Gasteiger charge is 2.43. The van der Waals surface area contributed by atoms with Gasteiger partial charge in [0.2, 0.25) is 0 Å². The van der Waals surface area contributed by atoms with Gasteiger partial charge in [-0.3, -0.25) is 0 Å². The van der Waals surface area contributed by atoms with E-state index in [1.807, 2.05) is 0 Å². The molecule has 0 amide bonds. The van der Waals surface area contributed by atoms with Crippen molar-refractivity contribution in [3.05, 3.63) is 231 Å². The molecule has 0 aliphatic carbocycles. The first kappa shape index (κ1) is 33.2. The summed E-state index contributed by atoms with van der Waals surface area (Å²) in [6, 6.07) is 85.4. The molecule has 0 atom stereocenters. The van der Waals surface area contributed by atoms with E-state index in [1.54, 1.807) is 0 Å². The van der Waals surface area contributed by atoms with Crippen molar-refractivity contribution in [1.29, 1.82) is 0 Å². The predicted molar refractivity (Wildman–Crippen MR) is 244 cm³/mol. The van der Waals surface area contributed by atoms with Gasteiger partial charge in [-0.15, -0.1) is 0 Å². The van der Waals surface area contributed by atoms with Gasteiger partial charge >= 0.3 is 0 Å². The summed E-state index contributed by atoms with van der Waals surface area (Å²) in [5, 5.41) is 10.4. The molecule has 3 heteroatoms. The number of para-hydroxylation sites is 4. The van der Waals surface area contributed by atoms with Crippen molar-refractivity contribution in [3.8, 4) is 22.5 Å². The number of benzene rings is 9. The fourth-order valence-electron chi connectivity index (χ4n) is 9.50. The zero-order valence-corrected chi connectivity index (χ0v) is 32.3. The number of fused-ring (bicyclic) bond motifs is 6. The van der Waals surface area contributed by atoms with Crippen molar-refractivity contribution in [2.45, 2.75) is 0 Å². The molecule has 0 radical (unpaired) electrons. The number of nitrogens with zero attached hydrogens (tertiary/aromatic N) is 2. The second-order valence-corrected chi connectivity index (χ2v) is 18.6. The summed E-state index contributed by atoms with van der Waals surface area (Å²) in [5.41, 5.74) is 9.52. The Hall–Kier alpha value is -7.20. The second-order valence-electron chi connectivity index (χ2n) is 14.8. The topological polar surface area (TPSA) is 9.86 Å². The largest absolute Gasteiger partial charge is 0.309 e. The van der Waals surface area contributed by atoms with Crippen LogP contribution in [0.3, 0.4) is 0 Å². The first-order valence-electron chi connectivity index (χ1n) is 19.7. The quantitative estimate of drug-likeness (QED) is 0.114. The first-order chi connectivity index (χ1) is 28.3. The molecule has 2 aromatic heterocycles. The van der Waals surface area contributed by atoms with Crippen LogP contribution in [0.15, 0.2) is 231 Å². The van der Waals surface area contributed by atoms with Crippen LogP contribution in [0.1, 0.15) is 0 Å². The number of aromatic nitrogens is 2. The van der Waals surface area contributed by atoms with E-state index in [1.165, 1.54) is 81.2 Å². The van der Waals surface area contributed by atoms with Gasteiger partial charge in [0.1, 0.15) is 0 Å². The van der Waals surface area contributed by atoms with Crippen LogP contribution in [0, 0.1) is 0 Å². The molecule has 0 aliphatic rings. The molecule has 0 saturated heterocycles. The number of rotatable bonds is 7. The Morgan fingerprint density at radius 1 is 0.316 bits per heavy atom. The molecule has 57 heavy (non-hydrogen) atoms.